The molecule has 3 rings (SSSR count). The topological polar surface area (TPSA) is 44.8 Å². The van der Waals surface area contributed by atoms with Crippen molar-refractivity contribution in [2.24, 2.45) is 11.8 Å². The lowest BCUT2D eigenvalue weighted by molar-refractivity contribution is -0.143. The lowest BCUT2D eigenvalue weighted by Crippen LogP contribution is -2.25. The molecule has 1 aliphatic carbocycles. The zero-order chi connectivity index (χ0) is 13.2. The van der Waals surface area contributed by atoms with Gasteiger partial charge >= 0.3 is 5.97 Å². The summed E-state index contributed by atoms with van der Waals surface area (Å²) in [6.07, 6.45) is 0.951. The van der Waals surface area contributed by atoms with Crippen LogP contribution >= 0.6 is 0 Å². The lowest BCUT2D eigenvalue weighted by Gasteiger charge is -2.21. The van der Waals surface area contributed by atoms with Crippen molar-refractivity contribution in [3.63, 3.8) is 0 Å². The number of esters is 1. The second-order valence-electron chi connectivity index (χ2n) is 5.09. The largest absolute Gasteiger partial charge is 0.469 e. The normalized spacial score (nSPS) is 32.5. The molecule has 0 radical (unpaired) electrons. The van der Waals surface area contributed by atoms with E-state index in [0.717, 1.165) is 12.0 Å². The minimum Gasteiger partial charge on any atom is -0.469 e. The third-order valence-electron chi connectivity index (χ3n) is 3.93. The van der Waals surface area contributed by atoms with Gasteiger partial charge in [-0.1, -0.05) is 30.3 Å². The Labute approximate surface area is 112 Å². The lowest BCUT2D eigenvalue weighted by atomic mass is 10.1. The zero-order valence-corrected chi connectivity index (χ0v) is 11.0. The molecule has 1 heterocycles. The van der Waals surface area contributed by atoms with Crippen LogP contribution in [0.4, 0.5) is 0 Å². The fraction of sp³-hybridized carbons (Fsp3) is 0.533. The standard InChI is InChI=1S/C15H18O4/c1-17-15(16)13-12-11(7-8-18-14(12)13)19-9-10-5-3-2-4-6-10/h2-6,11-14H,7-9H2,1H3/t11-,12-,13-,14-/m1/s1. The average molecular weight is 262 g/mol. The molecule has 4 heteroatoms. The van der Waals surface area contributed by atoms with Gasteiger partial charge in [0.2, 0.25) is 0 Å². The summed E-state index contributed by atoms with van der Waals surface area (Å²) in [4.78, 5) is 11.6. The third-order valence-corrected chi connectivity index (χ3v) is 3.93. The van der Waals surface area contributed by atoms with Crippen LogP contribution in [0.1, 0.15) is 12.0 Å². The zero-order valence-electron chi connectivity index (χ0n) is 11.0. The Hall–Kier alpha value is -1.39. The van der Waals surface area contributed by atoms with E-state index < -0.39 is 0 Å². The molecule has 2 fully saturated rings. The number of benzene rings is 1. The van der Waals surface area contributed by atoms with Crippen molar-refractivity contribution in [1.29, 1.82) is 0 Å². The van der Waals surface area contributed by atoms with Crippen molar-refractivity contribution in [1.82, 2.24) is 0 Å². The summed E-state index contributed by atoms with van der Waals surface area (Å²) in [5.74, 6) is -0.136. The molecule has 0 unspecified atom stereocenters. The second kappa shape index (κ2) is 5.31. The Balaban J connectivity index is 1.58. The summed E-state index contributed by atoms with van der Waals surface area (Å²) in [6, 6.07) is 10.1. The molecule has 19 heavy (non-hydrogen) atoms. The van der Waals surface area contributed by atoms with Gasteiger partial charge in [0, 0.05) is 12.5 Å². The molecule has 1 aromatic carbocycles. The summed E-state index contributed by atoms with van der Waals surface area (Å²) in [7, 11) is 1.42. The van der Waals surface area contributed by atoms with E-state index in [0.29, 0.717) is 13.2 Å². The van der Waals surface area contributed by atoms with Crippen LogP contribution in [0.5, 0.6) is 0 Å². The van der Waals surface area contributed by atoms with Crippen LogP contribution in [0.2, 0.25) is 0 Å². The number of fused-ring (bicyclic) bond motifs is 1. The molecule has 102 valence electrons. The first kappa shape index (κ1) is 12.6. The van der Waals surface area contributed by atoms with Gasteiger partial charge in [0.05, 0.1) is 31.8 Å². The predicted octanol–water partition coefficient (Wildman–Crippen LogP) is 1.78. The van der Waals surface area contributed by atoms with Crippen LogP contribution in [0.15, 0.2) is 30.3 Å². The van der Waals surface area contributed by atoms with Gasteiger partial charge in [0.25, 0.3) is 0 Å². The third kappa shape index (κ3) is 2.51. The van der Waals surface area contributed by atoms with Crippen LogP contribution in [0, 0.1) is 11.8 Å². The van der Waals surface area contributed by atoms with E-state index >= 15 is 0 Å². The first-order valence-electron chi connectivity index (χ1n) is 6.66. The van der Waals surface area contributed by atoms with Gasteiger partial charge in [0.1, 0.15) is 0 Å². The summed E-state index contributed by atoms with van der Waals surface area (Å²) >= 11 is 0. The van der Waals surface area contributed by atoms with Gasteiger partial charge in [-0.3, -0.25) is 4.79 Å². The number of methoxy groups -OCH3 is 1. The molecule has 1 aliphatic heterocycles. The van der Waals surface area contributed by atoms with Crippen molar-refractivity contribution in [2.75, 3.05) is 13.7 Å². The van der Waals surface area contributed by atoms with Gasteiger partial charge in [-0.05, 0) is 12.0 Å². The number of carbonyl (C=O) groups is 1. The Kier molecular flexibility index (Phi) is 3.53. The predicted molar refractivity (Wildman–Crippen MR) is 68.4 cm³/mol. The molecule has 0 N–H and O–H groups in total. The quantitative estimate of drug-likeness (QED) is 0.776. The molecule has 4 atom stereocenters. The fourth-order valence-electron chi connectivity index (χ4n) is 2.87. The molecule has 4 nitrogen and oxygen atoms in total. The highest BCUT2D eigenvalue weighted by molar-refractivity contribution is 5.77. The number of hydrogen-bond donors (Lipinski definition) is 0. The number of hydrogen-bond acceptors (Lipinski definition) is 4. The van der Waals surface area contributed by atoms with Crippen LogP contribution in [-0.2, 0) is 25.6 Å². The van der Waals surface area contributed by atoms with Crippen molar-refractivity contribution in [2.45, 2.75) is 25.2 Å². The number of carbonyl (C=O) groups excluding carboxylic acids is 1. The van der Waals surface area contributed by atoms with E-state index in [-0.39, 0.29) is 30.0 Å². The van der Waals surface area contributed by atoms with Crippen LogP contribution in [0.25, 0.3) is 0 Å². The molecular weight excluding hydrogens is 244 g/mol. The van der Waals surface area contributed by atoms with Gasteiger partial charge in [-0.25, -0.2) is 0 Å². The average Bonchev–Trinajstić information content (AvgIpc) is 3.20. The van der Waals surface area contributed by atoms with E-state index in [9.17, 15) is 4.79 Å². The number of rotatable bonds is 4. The highest BCUT2D eigenvalue weighted by Crippen LogP contribution is 2.49. The van der Waals surface area contributed by atoms with E-state index in [1.165, 1.54) is 7.11 Å². The Morgan fingerprint density at radius 1 is 1.37 bits per heavy atom. The van der Waals surface area contributed by atoms with Crippen molar-refractivity contribution in [3.05, 3.63) is 35.9 Å². The van der Waals surface area contributed by atoms with E-state index in [2.05, 4.69) is 0 Å². The smallest absolute Gasteiger partial charge is 0.311 e. The van der Waals surface area contributed by atoms with Crippen molar-refractivity contribution in [3.8, 4) is 0 Å². The fourth-order valence-corrected chi connectivity index (χ4v) is 2.87. The summed E-state index contributed by atoms with van der Waals surface area (Å²) in [5.41, 5.74) is 1.15. The molecule has 1 saturated heterocycles. The SMILES string of the molecule is COC(=O)[C@H]1[C@@H]2OCC[C@@H](OCc3ccccc3)[C@@H]21. The Morgan fingerprint density at radius 2 is 2.16 bits per heavy atom. The molecule has 0 bridgehead atoms. The van der Waals surface area contributed by atoms with Gasteiger partial charge in [-0.2, -0.15) is 0 Å². The molecular formula is C15H18O4. The maximum Gasteiger partial charge on any atom is 0.311 e. The Bertz CT molecular complexity index is 445. The molecule has 1 saturated carbocycles. The van der Waals surface area contributed by atoms with Gasteiger partial charge in [-0.15, -0.1) is 0 Å². The highest BCUT2D eigenvalue weighted by atomic mass is 16.5. The summed E-state index contributed by atoms with van der Waals surface area (Å²) in [5, 5.41) is 0. The van der Waals surface area contributed by atoms with Crippen LogP contribution in [0.3, 0.4) is 0 Å². The minimum atomic E-state index is -0.176. The van der Waals surface area contributed by atoms with Crippen LogP contribution < -0.4 is 0 Å². The van der Waals surface area contributed by atoms with Gasteiger partial charge < -0.3 is 14.2 Å². The van der Waals surface area contributed by atoms with Crippen LogP contribution in [-0.4, -0.2) is 31.9 Å². The molecule has 1 aromatic rings. The molecule has 2 aliphatic rings. The Morgan fingerprint density at radius 3 is 2.89 bits per heavy atom. The van der Waals surface area contributed by atoms with Gasteiger partial charge in [0.15, 0.2) is 0 Å². The molecule has 0 aromatic heterocycles. The monoisotopic (exact) mass is 262 g/mol. The maximum atomic E-state index is 11.6. The maximum absolute atomic E-state index is 11.6. The minimum absolute atomic E-state index is 0.00183. The first-order valence-corrected chi connectivity index (χ1v) is 6.66. The van der Waals surface area contributed by atoms with E-state index in [4.69, 9.17) is 14.2 Å². The summed E-state index contributed by atoms with van der Waals surface area (Å²) < 4.78 is 16.4. The first-order chi connectivity index (χ1) is 9.31. The molecule has 0 spiro atoms. The van der Waals surface area contributed by atoms with Crippen molar-refractivity contribution >= 4 is 5.97 Å². The highest BCUT2D eigenvalue weighted by Gasteiger charge is 2.62. The van der Waals surface area contributed by atoms with E-state index in [1.807, 2.05) is 30.3 Å². The van der Waals surface area contributed by atoms with Crippen molar-refractivity contribution < 1.29 is 19.0 Å². The second-order valence-corrected chi connectivity index (χ2v) is 5.09. The van der Waals surface area contributed by atoms with E-state index in [1.54, 1.807) is 0 Å². The molecule has 0 amide bonds. The number of ether oxygens (including phenoxy) is 3. The summed E-state index contributed by atoms with van der Waals surface area (Å²) in [6.45, 7) is 1.25.